The molecule has 0 spiro atoms. The smallest absolute Gasteiger partial charge is 0.243 e. The zero-order chi connectivity index (χ0) is 21.8. The number of ether oxygens (including phenoxy) is 2. The number of carbonyl (C=O) groups is 1. The van der Waals surface area contributed by atoms with E-state index in [-0.39, 0.29) is 36.5 Å². The first-order valence-corrected chi connectivity index (χ1v) is 11.8. The van der Waals surface area contributed by atoms with Crippen LogP contribution in [0.25, 0.3) is 0 Å². The third-order valence-corrected chi connectivity index (χ3v) is 7.37. The number of rotatable bonds is 6. The second kappa shape index (κ2) is 9.29. The minimum atomic E-state index is -3.68. The molecule has 3 heterocycles. The first-order valence-electron chi connectivity index (χ1n) is 10.4. The van der Waals surface area contributed by atoms with Gasteiger partial charge < -0.3 is 18.8 Å². The normalized spacial score (nSPS) is 18.4. The SMILES string of the molecule is C[C@H](NCC(=O)N1CCN(S(=O)(=O)c2ccc3c(c2)OCCCO3)CC1)c1ccco1. The molecule has 1 fully saturated rings. The Morgan fingerprint density at radius 3 is 2.55 bits per heavy atom. The lowest BCUT2D eigenvalue weighted by Crippen LogP contribution is -2.52. The van der Waals surface area contributed by atoms with Crippen LogP contribution in [0, 0.1) is 0 Å². The predicted molar refractivity (Wildman–Crippen MR) is 113 cm³/mol. The van der Waals surface area contributed by atoms with E-state index < -0.39 is 10.0 Å². The van der Waals surface area contributed by atoms with Crippen molar-refractivity contribution in [1.82, 2.24) is 14.5 Å². The summed E-state index contributed by atoms with van der Waals surface area (Å²) in [6.45, 7) is 4.31. The third-order valence-electron chi connectivity index (χ3n) is 5.48. The Kier molecular flexibility index (Phi) is 6.49. The molecule has 2 aromatic rings. The Labute approximate surface area is 182 Å². The number of piperazine rings is 1. The largest absolute Gasteiger partial charge is 0.490 e. The van der Waals surface area contributed by atoms with Gasteiger partial charge in [-0.2, -0.15) is 4.31 Å². The van der Waals surface area contributed by atoms with Gasteiger partial charge in [0, 0.05) is 38.7 Å². The molecule has 0 radical (unpaired) electrons. The highest BCUT2D eigenvalue weighted by atomic mass is 32.2. The van der Waals surface area contributed by atoms with Gasteiger partial charge in [-0.05, 0) is 31.2 Å². The number of benzene rings is 1. The van der Waals surface area contributed by atoms with Gasteiger partial charge >= 0.3 is 0 Å². The Hall–Kier alpha value is -2.56. The third kappa shape index (κ3) is 4.86. The van der Waals surface area contributed by atoms with E-state index in [9.17, 15) is 13.2 Å². The number of furan rings is 1. The average molecular weight is 450 g/mol. The maximum atomic E-state index is 13.1. The number of nitrogens with zero attached hydrogens (tertiary/aromatic N) is 2. The van der Waals surface area contributed by atoms with E-state index in [2.05, 4.69) is 5.32 Å². The van der Waals surface area contributed by atoms with E-state index in [1.807, 2.05) is 13.0 Å². The molecule has 1 atom stereocenters. The zero-order valence-electron chi connectivity index (χ0n) is 17.5. The highest BCUT2D eigenvalue weighted by molar-refractivity contribution is 7.89. The molecular weight excluding hydrogens is 422 g/mol. The topological polar surface area (TPSA) is 101 Å². The van der Waals surface area contributed by atoms with Gasteiger partial charge in [-0.3, -0.25) is 10.1 Å². The Morgan fingerprint density at radius 1 is 1.10 bits per heavy atom. The molecule has 2 aliphatic heterocycles. The van der Waals surface area contributed by atoms with Crippen molar-refractivity contribution in [2.45, 2.75) is 24.3 Å². The molecule has 0 unspecified atom stereocenters. The van der Waals surface area contributed by atoms with Gasteiger partial charge in [0.2, 0.25) is 15.9 Å². The van der Waals surface area contributed by atoms with E-state index in [1.54, 1.807) is 29.4 Å². The molecule has 0 saturated carbocycles. The van der Waals surface area contributed by atoms with Crippen LogP contribution < -0.4 is 14.8 Å². The number of sulfonamides is 1. The van der Waals surface area contributed by atoms with Crippen molar-refractivity contribution < 1.29 is 27.1 Å². The van der Waals surface area contributed by atoms with Crippen molar-refractivity contribution in [3.63, 3.8) is 0 Å². The van der Waals surface area contributed by atoms with Gasteiger partial charge in [0.1, 0.15) is 5.76 Å². The van der Waals surface area contributed by atoms with Crippen molar-refractivity contribution in [3.05, 3.63) is 42.4 Å². The summed E-state index contributed by atoms with van der Waals surface area (Å²) in [6, 6.07) is 8.27. The monoisotopic (exact) mass is 449 g/mol. The summed E-state index contributed by atoms with van der Waals surface area (Å²) in [6.07, 6.45) is 2.35. The van der Waals surface area contributed by atoms with Gasteiger partial charge in [0.25, 0.3) is 0 Å². The number of hydrogen-bond acceptors (Lipinski definition) is 7. The molecule has 0 bridgehead atoms. The van der Waals surface area contributed by atoms with Crippen LogP contribution in [0.2, 0.25) is 0 Å². The second-order valence-electron chi connectivity index (χ2n) is 7.56. The quantitative estimate of drug-likeness (QED) is 0.715. The molecule has 1 aromatic heterocycles. The Morgan fingerprint density at radius 2 is 1.84 bits per heavy atom. The van der Waals surface area contributed by atoms with Crippen molar-refractivity contribution >= 4 is 15.9 Å². The number of carbonyl (C=O) groups excluding carboxylic acids is 1. The summed E-state index contributed by atoms with van der Waals surface area (Å²) < 4.78 is 44.1. The Bertz CT molecular complexity index is 1000. The lowest BCUT2D eigenvalue weighted by atomic mass is 10.2. The molecule has 1 N–H and O–H groups in total. The van der Waals surface area contributed by atoms with E-state index in [4.69, 9.17) is 13.9 Å². The molecule has 9 nitrogen and oxygen atoms in total. The highest BCUT2D eigenvalue weighted by Gasteiger charge is 2.31. The molecule has 1 aromatic carbocycles. The first-order chi connectivity index (χ1) is 14.9. The molecule has 31 heavy (non-hydrogen) atoms. The highest BCUT2D eigenvalue weighted by Crippen LogP contribution is 2.33. The van der Waals surface area contributed by atoms with Crippen LogP contribution in [-0.4, -0.2) is 69.5 Å². The van der Waals surface area contributed by atoms with Gasteiger partial charge in [-0.25, -0.2) is 8.42 Å². The van der Waals surface area contributed by atoms with Crippen molar-refractivity contribution in [1.29, 1.82) is 0 Å². The fraction of sp³-hybridized carbons (Fsp3) is 0.476. The molecule has 0 aliphatic carbocycles. The zero-order valence-corrected chi connectivity index (χ0v) is 18.3. The minimum Gasteiger partial charge on any atom is -0.490 e. The predicted octanol–water partition coefficient (Wildman–Crippen LogP) is 1.62. The van der Waals surface area contributed by atoms with Crippen LogP contribution in [0.4, 0.5) is 0 Å². The lowest BCUT2D eigenvalue weighted by Gasteiger charge is -2.34. The molecule has 1 saturated heterocycles. The van der Waals surface area contributed by atoms with Crippen LogP contribution in [0.5, 0.6) is 11.5 Å². The van der Waals surface area contributed by atoms with E-state index in [0.717, 1.165) is 12.2 Å². The molecule has 10 heteroatoms. The summed E-state index contributed by atoms with van der Waals surface area (Å²) in [7, 11) is -3.68. The van der Waals surface area contributed by atoms with Crippen molar-refractivity contribution in [2.24, 2.45) is 0 Å². The molecule has 1 amide bonds. The lowest BCUT2D eigenvalue weighted by molar-refractivity contribution is -0.131. The minimum absolute atomic E-state index is 0.0639. The van der Waals surface area contributed by atoms with Crippen LogP contribution >= 0.6 is 0 Å². The van der Waals surface area contributed by atoms with Crippen LogP contribution in [0.3, 0.4) is 0 Å². The summed E-state index contributed by atoms with van der Waals surface area (Å²) in [5, 5.41) is 3.14. The van der Waals surface area contributed by atoms with E-state index in [1.165, 1.54) is 10.4 Å². The number of amides is 1. The average Bonchev–Trinajstić information content (AvgIpc) is 3.22. The molecule has 2 aliphatic rings. The molecule has 168 valence electrons. The summed E-state index contributed by atoms with van der Waals surface area (Å²) in [4.78, 5) is 14.4. The molecule has 4 rings (SSSR count). The van der Waals surface area contributed by atoms with E-state index >= 15 is 0 Å². The fourth-order valence-electron chi connectivity index (χ4n) is 3.62. The first kappa shape index (κ1) is 21.7. The van der Waals surface area contributed by atoms with Crippen LogP contribution in [-0.2, 0) is 14.8 Å². The fourth-order valence-corrected chi connectivity index (χ4v) is 5.06. The van der Waals surface area contributed by atoms with Crippen LogP contribution in [0.1, 0.15) is 25.1 Å². The van der Waals surface area contributed by atoms with Gasteiger partial charge in [0.05, 0.1) is 37.0 Å². The maximum Gasteiger partial charge on any atom is 0.243 e. The summed E-state index contributed by atoms with van der Waals surface area (Å²) in [5.41, 5.74) is 0. The second-order valence-corrected chi connectivity index (χ2v) is 9.50. The molecular formula is C21H27N3O6S. The standard InChI is InChI=1S/C21H27N3O6S/c1-16(18-4-2-11-28-18)22-15-21(25)23-7-9-24(10-8-23)31(26,27)17-5-6-19-20(14-17)30-13-3-12-29-19/h2,4-6,11,14,16,22H,3,7-10,12-13,15H2,1H3/t16-/m0/s1. The van der Waals surface area contributed by atoms with Gasteiger partial charge in [-0.15, -0.1) is 0 Å². The van der Waals surface area contributed by atoms with Crippen molar-refractivity contribution in [3.8, 4) is 11.5 Å². The van der Waals surface area contributed by atoms with E-state index in [0.29, 0.717) is 37.8 Å². The summed E-state index contributed by atoms with van der Waals surface area (Å²) >= 11 is 0. The number of nitrogens with one attached hydrogen (secondary N) is 1. The van der Waals surface area contributed by atoms with Gasteiger partial charge in [0.15, 0.2) is 11.5 Å². The Balaban J connectivity index is 1.33. The van der Waals surface area contributed by atoms with Gasteiger partial charge in [-0.1, -0.05) is 0 Å². The number of hydrogen-bond donors (Lipinski definition) is 1. The summed E-state index contributed by atoms with van der Waals surface area (Å²) in [5.74, 6) is 1.71. The maximum absolute atomic E-state index is 13.1. The van der Waals surface area contributed by atoms with Crippen LogP contribution in [0.15, 0.2) is 45.9 Å². The number of fused-ring (bicyclic) bond motifs is 1. The van der Waals surface area contributed by atoms with Crippen molar-refractivity contribution in [2.75, 3.05) is 45.9 Å².